The van der Waals surface area contributed by atoms with Gasteiger partial charge in [0.25, 0.3) is 5.91 Å². The first-order chi connectivity index (χ1) is 13.3. The molecule has 2 rings (SSSR count). The van der Waals surface area contributed by atoms with Crippen LogP contribution in [0.3, 0.4) is 0 Å². The van der Waals surface area contributed by atoms with Gasteiger partial charge in [-0.3, -0.25) is 4.79 Å². The average Bonchev–Trinajstić information content (AvgIpc) is 2.64. The summed E-state index contributed by atoms with van der Waals surface area (Å²) in [5.41, 5.74) is 1.00. The Hall–Kier alpha value is -2.68. The van der Waals surface area contributed by atoms with E-state index in [0.717, 1.165) is 0 Å². The Kier molecular flexibility index (Phi) is 7.74. The van der Waals surface area contributed by atoms with Crippen LogP contribution in [0.2, 0.25) is 10.0 Å². The Bertz CT molecular complexity index is 916. The van der Waals surface area contributed by atoms with E-state index in [4.69, 9.17) is 32.7 Å². The molecule has 2 aromatic carbocycles. The SMILES string of the molecule is CCOc1cc(/C=C(\C#N)C(=O)Nc2ccc(Cl)cc2)cc(Cl)c1OC(C)C. The molecule has 0 fully saturated rings. The van der Waals surface area contributed by atoms with Crippen LogP contribution < -0.4 is 14.8 Å². The van der Waals surface area contributed by atoms with Crippen LogP contribution >= 0.6 is 23.2 Å². The summed E-state index contributed by atoms with van der Waals surface area (Å²) in [4.78, 5) is 12.4. The van der Waals surface area contributed by atoms with Crippen LogP contribution in [0.5, 0.6) is 11.5 Å². The molecule has 28 heavy (non-hydrogen) atoms. The Morgan fingerprint density at radius 2 is 1.93 bits per heavy atom. The first-order valence-corrected chi connectivity index (χ1v) is 9.41. The zero-order chi connectivity index (χ0) is 20.7. The van der Waals surface area contributed by atoms with E-state index in [1.165, 1.54) is 6.08 Å². The van der Waals surface area contributed by atoms with E-state index in [0.29, 0.717) is 39.4 Å². The molecule has 0 unspecified atom stereocenters. The van der Waals surface area contributed by atoms with Gasteiger partial charge < -0.3 is 14.8 Å². The fraction of sp³-hybridized carbons (Fsp3) is 0.238. The van der Waals surface area contributed by atoms with Crippen LogP contribution in [-0.4, -0.2) is 18.6 Å². The number of nitriles is 1. The first-order valence-electron chi connectivity index (χ1n) is 8.65. The predicted octanol–water partition coefficient (Wildman–Crippen LogP) is 5.72. The summed E-state index contributed by atoms with van der Waals surface area (Å²) in [5.74, 6) is 0.339. The second kappa shape index (κ2) is 10.0. The molecule has 146 valence electrons. The van der Waals surface area contributed by atoms with Gasteiger partial charge in [-0.15, -0.1) is 0 Å². The largest absolute Gasteiger partial charge is 0.490 e. The van der Waals surface area contributed by atoms with Crippen molar-refractivity contribution in [1.82, 2.24) is 0 Å². The van der Waals surface area contributed by atoms with Crippen molar-refractivity contribution >= 4 is 40.9 Å². The quantitative estimate of drug-likeness (QED) is 0.460. The van der Waals surface area contributed by atoms with Gasteiger partial charge in [0.15, 0.2) is 11.5 Å². The van der Waals surface area contributed by atoms with E-state index in [-0.39, 0.29) is 11.7 Å². The Morgan fingerprint density at radius 3 is 2.50 bits per heavy atom. The standard InChI is InChI=1S/C21H20Cl2N2O3/c1-4-27-19-11-14(10-18(23)20(19)28-13(2)3)9-15(12-24)21(26)25-17-7-5-16(22)6-8-17/h5-11,13H,4H2,1-3H3,(H,25,26)/b15-9+. The molecule has 7 heteroatoms. The van der Waals surface area contributed by atoms with Gasteiger partial charge in [0, 0.05) is 10.7 Å². The normalized spacial score (nSPS) is 11.1. The summed E-state index contributed by atoms with van der Waals surface area (Å²) >= 11 is 12.2. The van der Waals surface area contributed by atoms with Gasteiger partial charge >= 0.3 is 0 Å². The van der Waals surface area contributed by atoms with Crippen LogP contribution in [0, 0.1) is 11.3 Å². The van der Waals surface area contributed by atoms with Gasteiger partial charge in [-0.1, -0.05) is 23.2 Å². The molecule has 0 radical (unpaired) electrons. The number of carbonyl (C=O) groups is 1. The van der Waals surface area contributed by atoms with E-state index in [1.807, 2.05) is 26.8 Å². The van der Waals surface area contributed by atoms with Gasteiger partial charge in [-0.2, -0.15) is 5.26 Å². The molecule has 0 saturated carbocycles. The van der Waals surface area contributed by atoms with E-state index < -0.39 is 5.91 Å². The van der Waals surface area contributed by atoms with Crippen molar-refractivity contribution < 1.29 is 14.3 Å². The number of benzene rings is 2. The summed E-state index contributed by atoms with van der Waals surface area (Å²) in [6, 6.07) is 11.8. The molecule has 0 aromatic heterocycles. The van der Waals surface area contributed by atoms with Crippen molar-refractivity contribution in [3.05, 3.63) is 57.6 Å². The van der Waals surface area contributed by atoms with Crippen LogP contribution in [0.4, 0.5) is 5.69 Å². The summed E-state index contributed by atoms with van der Waals surface area (Å²) in [7, 11) is 0. The zero-order valence-electron chi connectivity index (χ0n) is 15.8. The summed E-state index contributed by atoms with van der Waals surface area (Å²) < 4.78 is 11.3. The third-order valence-corrected chi connectivity index (χ3v) is 4.00. The average molecular weight is 419 g/mol. The highest BCUT2D eigenvalue weighted by Gasteiger charge is 2.15. The number of nitrogens with zero attached hydrogens (tertiary/aromatic N) is 1. The second-order valence-corrected chi connectivity index (χ2v) is 6.90. The van der Waals surface area contributed by atoms with Gasteiger partial charge in [-0.05, 0) is 68.8 Å². The molecular formula is C21H20Cl2N2O3. The van der Waals surface area contributed by atoms with Crippen LogP contribution in [0.25, 0.3) is 6.08 Å². The maximum Gasteiger partial charge on any atom is 0.266 e. The van der Waals surface area contributed by atoms with Crippen LogP contribution in [0.15, 0.2) is 42.0 Å². The minimum atomic E-state index is -0.540. The molecule has 0 saturated heterocycles. The summed E-state index contributed by atoms with van der Waals surface area (Å²) in [5, 5.41) is 12.9. The van der Waals surface area contributed by atoms with Crippen molar-refractivity contribution in [2.75, 3.05) is 11.9 Å². The highest BCUT2D eigenvalue weighted by atomic mass is 35.5. The summed E-state index contributed by atoms with van der Waals surface area (Å²) in [6.45, 7) is 6.03. The number of amides is 1. The highest BCUT2D eigenvalue weighted by Crippen LogP contribution is 2.38. The number of hydrogen-bond acceptors (Lipinski definition) is 4. The van der Waals surface area contributed by atoms with Gasteiger partial charge in [0.05, 0.1) is 17.7 Å². The molecule has 1 amide bonds. The monoisotopic (exact) mass is 418 g/mol. The lowest BCUT2D eigenvalue weighted by Crippen LogP contribution is -2.13. The number of halogens is 2. The molecule has 2 aromatic rings. The number of hydrogen-bond donors (Lipinski definition) is 1. The van der Waals surface area contributed by atoms with E-state index in [2.05, 4.69) is 5.32 Å². The minimum absolute atomic E-state index is 0.0778. The van der Waals surface area contributed by atoms with Gasteiger partial charge in [0.2, 0.25) is 0 Å². The molecule has 5 nitrogen and oxygen atoms in total. The van der Waals surface area contributed by atoms with Crippen molar-refractivity contribution in [2.45, 2.75) is 26.9 Å². The fourth-order valence-electron chi connectivity index (χ4n) is 2.33. The second-order valence-electron chi connectivity index (χ2n) is 6.06. The molecule has 0 bridgehead atoms. The predicted molar refractivity (Wildman–Crippen MR) is 112 cm³/mol. The lowest BCUT2D eigenvalue weighted by molar-refractivity contribution is -0.112. The van der Waals surface area contributed by atoms with E-state index in [9.17, 15) is 10.1 Å². The Labute approximate surface area is 174 Å². The molecule has 0 aliphatic heterocycles. The topological polar surface area (TPSA) is 71.3 Å². The Balaban J connectivity index is 2.33. The molecule has 0 spiro atoms. The van der Waals surface area contributed by atoms with Crippen LogP contribution in [-0.2, 0) is 4.79 Å². The lowest BCUT2D eigenvalue weighted by atomic mass is 10.1. The third kappa shape index (κ3) is 5.91. The fourth-order valence-corrected chi connectivity index (χ4v) is 2.72. The first kappa shape index (κ1) is 21.6. The number of nitrogens with one attached hydrogen (secondary N) is 1. The van der Waals surface area contributed by atoms with E-state index >= 15 is 0 Å². The number of rotatable bonds is 7. The lowest BCUT2D eigenvalue weighted by Gasteiger charge is -2.16. The van der Waals surface area contributed by atoms with Crippen molar-refractivity contribution in [2.24, 2.45) is 0 Å². The number of anilines is 1. The Morgan fingerprint density at radius 1 is 1.25 bits per heavy atom. The van der Waals surface area contributed by atoms with Crippen molar-refractivity contribution in [3.63, 3.8) is 0 Å². The third-order valence-electron chi connectivity index (χ3n) is 3.46. The number of ether oxygens (including phenoxy) is 2. The zero-order valence-corrected chi connectivity index (χ0v) is 17.3. The molecule has 0 aliphatic rings. The summed E-state index contributed by atoms with van der Waals surface area (Å²) in [6.07, 6.45) is 1.36. The van der Waals surface area contributed by atoms with Gasteiger partial charge in [-0.25, -0.2) is 0 Å². The molecule has 0 aliphatic carbocycles. The molecule has 0 atom stereocenters. The van der Waals surface area contributed by atoms with Crippen LogP contribution in [0.1, 0.15) is 26.3 Å². The maximum absolute atomic E-state index is 12.4. The van der Waals surface area contributed by atoms with Gasteiger partial charge in [0.1, 0.15) is 11.6 Å². The van der Waals surface area contributed by atoms with E-state index in [1.54, 1.807) is 36.4 Å². The smallest absolute Gasteiger partial charge is 0.266 e. The minimum Gasteiger partial charge on any atom is -0.490 e. The maximum atomic E-state index is 12.4. The highest BCUT2D eigenvalue weighted by molar-refractivity contribution is 6.32. The van der Waals surface area contributed by atoms with Crippen molar-refractivity contribution in [1.29, 1.82) is 5.26 Å². The number of carbonyl (C=O) groups excluding carboxylic acids is 1. The van der Waals surface area contributed by atoms with Crippen molar-refractivity contribution in [3.8, 4) is 17.6 Å². The molecular weight excluding hydrogens is 399 g/mol. The molecule has 0 heterocycles. The molecule has 1 N–H and O–H groups in total.